The first-order valence-corrected chi connectivity index (χ1v) is 13.3. The molecule has 0 aliphatic heterocycles. The van der Waals surface area contributed by atoms with Crippen molar-refractivity contribution in [3.8, 4) is 0 Å². The summed E-state index contributed by atoms with van der Waals surface area (Å²) in [6, 6.07) is 0. The van der Waals surface area contributed by atoms with Crippen molar-refractivity contribution in [2.24, 2.45) is 5.92 Å². The van der Waals surface area contributed by atoms with Gasteiger partial charge in [0.1, 0.15) is 5.82 Å². The first-order valence-electron chi connectivity index (χ1n) is 13.3. The molecule has 0 amide bonds. The van der Waals surface area contributed by atoms with E-state index in [1.54, 1.807) is 0 Å². The zero-order valence-electron chi connectivity index (χ0n) is 20.3. The van der Waals surface area contributed by atoms with E-state index in [4.69, 9.17) is 0 Å². The molecule has 0 saturated carbocycles. The molecule has 0 bridgehead atoms. The first kappa shape index (κ1) is 26.2. The Balaban J connectivity index is 2.13. The number of aromatic nitrogens is 2. The second-order valence-electron chi connectivity index (χ2n) is 9.23. The molecule has 0 aliphatic rings. The van der Waals surface area contributed by atoms with Gasteiger partial charge in [0.15, 0.2) is 0 Å². The molecule has 0 aliphatic carbocycles. The third kappa shape index (κ3) is 13.9. The van der Waals surface area contributed by atoms with E-state index in [2.05, 4.69) is 36.5 Å². The predicted molar refractivity (Wildman–Crippen MR) is 130 cm³/mol. The lowest BCUT2D eigenvalue weighted by molar-refractivity contribution is 0.404. The SMILES string of the molecule is CCCCCCCCCCn1ccnc1CCC(CC)CCCCCCCCC. The van der Waals surface area contributed by atoms with E-state index < -0.39 is 0 Å². The van der Waals surface area contributed by atoms with Crippen molar-refractivity contribution in [1.29, 1.82) is 0 Å². The molecule has 1 heterocycles. The van der Waals surface area contributed by atoms with E-state index in [1.807, 2.05) is 6.20 Å². The van der Waals surface area contributed by atoms with Crippen LogP contribution < -0.4 is 0 Å². The smallest absolute Gasteiger partial charge is 0.108 e. The molecular formula is C27H52N2. The summed E-state index contributed by atoms with van der Waals surface area (Å²) in [5.74, 6) is 2.21. The van der Waals surface area contributed by atoms with Gasteiger partial charge in [-0.25, -0.2) is 4.98 Å². The normalized spacial score (nSPS) is 12.5. The van der Waals surface area contributed by atoms with Crippen molar-refractivity contribution in [3.63, 3.8) is 0 Å². The molecule has 0 aromatic carbocycles. The summed E-state index contributed by atoms with van der Waals surface area (Å²) in [7, 11) is 0. The van der Waals surface area contributed by atoms with Crippen molar-refractivity contribution in [3.05, 3.63) is 18.2 Å². The molecule has 0 saturated heterocycles. The highest BCUT2D eigenvalue weighted by molar-refractivity contribution is 4.93. The Morgan fingerprint density at radius 1 is 0.690 bits per heavy atom. The largest absolute Gasteiger partial charge is 0.335 e. The van der Waals surface area contributed by atoms with Crippen LogP contribution in [-0.4, -0.2) is 9.55 Å². The second kappa shape index (κ2) is 19.2. The molecule has 29 heavy (non-hydrogen) atoms. The molecule has 2 heteroatoms. The fourth-order valence-corrected chi connectivity index (χ4v) is 4.46. The minimum Gasteiger partial charge on any atom is -0.335 e. The predicted octanol–water partition coefficient (Wildman–Crippen LogP) is 9.12. The molecule has 1 unspecified atom stereocenters. The zero-order chi connectivity index (χ0) is 21.0. The topological polar surface area (TPSA) is 17.8 Å². The minimum absolute atomic E-state index is 0.888. The van der Waals surface area contributed by atoms with Crippen LogP contribution in [0.3, 0.4) is 0 Å². The minimum atomic E-state index is 0.888. The van der Waals surface area contributed by atoms with E-state index >= 15 is 0 Å². The fourth-order valence-electron chi connectivity index (χ4n) is 4.46. The summed E-state index contributed by atoms with van der Waals surface area (Å²) in [5.41, 5.74) is 0. The molecule has 1 rings (SSSR count). The molecule has 170 valence electrons. The molecule has 2 nitrogen and oxygen atoms in total. The van der Waals surface area contributed by atoms with E-state index in [-0.39, 0.29) is 0 Å². The number of hydrogen-bond donors (Lipinski definition) is 0. The highest BCUT2D eigenvalue weighted by Gasteiger charge is 2.09. The van der Waals surface area contributed by atoms with Crippen molar-refractivity contribution < 1.29 is 0 Å². The maximum Gasteiger partial charge on any atom is 0.108 e. The summed E-state index contributed by atoms with van der Waals surface area (Å²) in [5, 5.41) is 0. The molecule has 0 fully saturated rings. The first-order chi connectivity index (χ1) is 14.3. The van der Waals surface area contributed by atoms with Gasteiger partial charge in [-0.3, -0.25) is 0 Å². The Morgan fingerprint density at radius 2 is 1.24 bits per heavy atom. The van der Waals surface area contributed by atoms with Gasteiger partial charge in [-0.15, -0.1) is 0 Å². The van der Waals surface area contributed by atoms with Gasteiger partial charge in [0.05, 0.1) is 0 Å². The summed E-state index contributed by atoms with van der Waals surface area (Å²) in [6.45, 7) is 8.13. The molecule has 0 spiro atoms. The highest BCUT2D eigenvalue weighted by Crippen LogP contribution is 2.20. The average Bonchev–Trinajstić information content (AvgIpc) is 3.18. The van der Waals surface area contributed by atoms with Crippen LogP contribution in [0.1, 0.15) is 142 Å². The van der Waals surface area contributed by atoms with Gasteiger partial charge in [-0.1, -0.05) is 124 Å². The quantitative estimate of drug-likeness (QED) is 0.187. The van der Waals surface area contributed by atoms with E-state index in [0.29, 0.717) is 0 Å². The number of hydrogen-bond acceptors (Lipinski definition) is 1. The van der Waals surface area contributed by atoms with Gasteiger partial charge < -0.3 is 4.57 Å². The van der Waals surface area contributed by atoms with E-state index in [0.717, 1.165) is 5.92 Å². The van der Waals surface area contributed by atoms with Gasteiger partial charge in [-0.2, -0.15) is 0 Å². The number of nitrogens with zero attached hydrogens (tertiary/aromatic N) is 2. The molecule has 1 aromatic heterocycles. The molecule has 0 N–H and O–H groups in total. The monoisotopic (exact) mass is 404 g/mol. The third-order valence-corrected chi connectivity index (χ3v) is 6.62. The maximum atomic E-state index is 4.67. The number of aryl methyl sites for hydroxylation is 2. The van der Waals surface area contributed by atoms with E-state index in [1.165, 1.54) is 134 Å². The standard InChI is InChI=1S/C27H52N2/c1-4-7-9-11-13-15-17-19-24-29-25-23-28-27(29)22-21-26(6-3)20-18-16-14-12-10-8-5-2/h23,25-26H,4-22,24H2,1-3H3. The van der Waals surface area contributed by atoms with Crippen LogP contribution in [0.4, 0.5) is 0 Å². The summed E-state index contributed by atoms with van der Waals surface area (Å²) in [6.07, 6.45) is 30.6. The van der Waals surface area contributed by atoms with Gasteiger partial charge in [-0.05, 0) is 18.8 Å². The fraction of sp³-hybridized carbons (Fsp3) is 0.889. The zero-order valence-corrected chi connectivity index (χ0v) is 20.3. The van der Waals surface area contributed by atoms with E-state index in [9.17, 15) is 0 Å². The lowest BCUT2D eigenvalue weighted by Gasteiger charge is -2.15. The molecule has 1 aromatic rings. The van der Waals surface area contributed by atoms with Crippen LogP contribution in [0, 0.1) is 5.92 Å². The second-order valence-corrected chi connectivity index (χ2v) is 9.23. The highest BCUT2D eigenvalue weighted by atomic mass is 15.1. The van der Waals surface area contributed by atoms with Crippen molar-refractivity contribution in [2.75, 3.05) is 0 Å². The lowest BCUT2D eigenvalue weighted by atomic mass is 9.93. The van der Waals surface area contributed by atoms with Crippen molar-refractivity contribution in [1.82, 2.24) is 9.55 Å². The molecule has 1 atom stereocenters. The Bertz CT molecular complexity index is 451. The van der Waals surface area contributed by atoms with Crippen LogP contribution in [0.25, 0.3) is 0 Å². The van der Waals surface area contributed by atoms with Gasteiger partial charge in [0, 0.05) is 25.4 Å². The lowest BCUT2D eigenvalue weighted by Crippen LogP contribution is -2.07. The summed E-state index contributed by atoms with van der Waals surface area (Å²) < 4.78 is 2.43. The van der Waals surface area contributed by atoms with Gasteiger partial charge in [0.25, 0.3) is 0 Å². The molecule has 0 radical (unpaired) electrons. The van der Waals surface area contributed by atoms with Crippen LogP contribution >= 0.6 is 0 Å². The van der Waals surface area contributed by atoms with Crippen molar-refractivity contribution in [2.45, 2.75) is 149 Å². The third-order valence-electron chi connectivity index (χ3n) is 6.62. The van der Waals surface area contributed by atoms with Gasteiger partial charge >= 0.3 is 0 Å². The number of rotatable bonds is 21. The van der Waals surface area contributed by atoms with Crippen LogP contribution in [0.15, 0.2) is 12.4 Å². The Morgan fingerprint density at radius 3 is 1.83 bits per heavy atom. The molecular weight excluding hydrogens is 352 g/mol. The van der Waals surface area contributed by atoms with Crippen molar-refractivity contribution >= 4 is 0 Å². The number of imidazole rings is 1. The number of unbranched alkanes of at least 4 members (excludes halogenated alkanes) is 13. The summed E-state index contributed by atoms with van der Waals surface area (Å²) in [4.78, 5) is 4.67. The Kier molecular flexibility index (Phi) is 17.4. The van der Waals surface area contributed by atoms with Crippen LogP contribution in [-0.2, 0) is 13.0 Å². The van der Waals surface area contributed by atoms with Crippen LogP contribution in [0.2, 0.25) is 0 Å². The van der Waals surface area contributed by atoms with Crippen LogP contribution in [0.5, 0.6) is 0 Å². The Labute approximate surface area is 183 Å². The Hall–Kier alpha value is -0.790. The average molecular weight is 405 g/mol. The summed E-state index contributed by atoms with van der Waals surface area (Å²) >= 11 is 0. The van der Waals surface area contributed by atoms with Gasteiger partial charge in [0.2, 0.25) is 0 Å². The maximum absolute atomic E-state index is 4.67.